The normalized spacial score (nSPS) is 14.2. The number of phosphoric ester groups is 1. The molecule has 10 nitrogen and oxygen atoms in total. The number of carbonyl (C=O) groups excluding carboxylic acids is 2. The molecule has 0 aromatic carbocycles. The minimum Gasteiger partial charge on any atom is -0.462 e. The van der Waals surface area contributed by atoms with Crippen LogP contribution in [0.5, 0.6) is 0 Å². The number of rotatable bonds is 40. The second-order valence-corrected chi connectivity index (χ2v) is 15.8. The third kappa shape index (κ3) is 38.5. The lowest BCUT2D eigenvalue weighted by atomic mass is 10.0. The molecule has 0 amide bonds. The molecular formula is C43H80NO9P. The first-order valence-electron chi connectivity index (χ1n) is 21.6. The number of nitrogens with two attached hydrogens (primary N) is 1. The summed E-state index contributed by atoms with van der Waals surface area (Å²) in [5, 5.41) is 10.1. The molecule has 0 aromatic rings. The minimum atomic E-state index is -4.40. The maximum absolute atomic E-state index is 12.6. The molecule has 4 N–H and O–H groups in total. The molecule has 0 bridgehead atoms. The molecule has 0 radical (unpaired) electrons. The number of hydrogen-bond donors (Lipinski definition) is 3. The van der Waals surface area contributed by atoms with Gasteiger partial charge in [0.25, 0.3) is 0 Å². The van der Waals surface area contributed by atoms with Crippen molar-refractivity contribution in [3.63, 3.8) is 0 Å². The number of ether oxygens (including phenoxy) is 2. The first-order valence-corrected chi connectivity index (χ1v) is 23.1. The highest BCUT2D eigenvalue weighted by Crippen LogP contribution is 2.43. The summed E-state index contributed by atoms with van der Waals surface area (Å²) in [6.07, 6.45) is 39.1. The Labute approximate surface area is 329 Å². The zero-order valence-electron chi connectivity index (χ0n) is 34.3. The van der Waals surface area contributed by atoms with Gasteiger partial charge in [-0.25, -0.2) is 4.57 Å². The second-order valence-electron chi connectivity index (χ2n) is 14.4. The van der Waals surface area contributed by atoms with E-state index in [1.54, 1.807) is 6.08 Å². The van der Waals surface area contributed by atoms with Crippen molar-refractivity contribution in [3.05, 3.63) is 36.5 Å². The molecule has 0 aliphatic rings. The van der Waals surface area contributed by atoms with Crippen LogP contribution in [0.1, 0.15) is 187 Å². The Morgan fingerprint density at radius 2 is 1.17 bits per heavy atom. The van der Waals surface area contributed by atoms with Crippen molar-refractivity contribution in [1.82, 2.24) is 0 Å². The van der Waals surface area contributed by atoms with E-state index in [1.807, 2.05) is 18.2 Å². The van der Waals surface area contributed by atoms with Crippen molar-refractivity contribution >= 4 is 19.8 Å². The molecule has 0 heterocycles. The fourth-order valence-electron chi connectivity index (χ4n) is 5.94. The van der Waals surface area contributed by atoms with Crippen LogP contribution >= 0.6 is 7.82 Å². The number of aliphatic hydroxyl groups excluding tert-OH is 1. The second kappa shape index (κ2) is 39.4. The minimum absolute atomic E-state index is 0.0377. The van der Waals surface area contributed by atoms with Crippen molar-refractivity contribution in [2.75, 3.05) is 26.4 Å². The van der Waals surface area contributed by atoms with E-state index in [0.29, 0.717) is 12.8 Å². The summed E-state index contributed by atoms with van der Waals surface area (Å²) in [6, 6.07) is 0. The molecule has 0 aliphatic heterocycles. The monoisotopic (exact) mass is 786 g/mol. The van der Waals surface area contributed by atoms with Crippen LogP contribution in [0.25, 0.3) is 0 Å². The van der Waals surface area contributed by atoms with E-state index in [4.69, 9.17) is 24.3 Å². The van der Waals surface area contributed by atoms with E-state index in [1.165, 1.54) is 89.9 Å². The highest BCUT2D eigenvalue weighted by molar-refractivity contribution is 7.47. The summed E-state index contributed by atoms with van der Waals surface area (Å²) >= 11 is 0. The van der Waals surface area contributed by atoms with Crippen LogP contribution in [0.15, 0.2) is 36.5 Å². The van der Waals surface area contributed by atoms with Gasteiger partial charge in [0, 0.05) is 19.4 Å². The number of carbonyl (C=O) groups is 2. The molecule has 316 valence electrons. The highest BCUT2D eigenvalue weighted by atomic mass is 31.2. The van der Waals surface area contributed by atoms with E-state index in [-0.39, 0.29) is 32.6 Å². The molecule has 0 aromatic heterocycles. The fraction of sp³-hybridized carbons (Fsp3) is 0.814. The topological polar surface area (TPSA) is 155 Å². The van der Waals surface area contributed by atoms with Gasteiger partial charge in [0.15, 0.2) is 6.10 Å². The van der Waals surface area contributed by atoms with Crippen molar-refractivity contribution < 1.29 is 42.7 Å². The largest absolute Gasteiger partial charge is 0.472 e. The molecule has 0 rings (SSSR count). The number of esters is 2. The van der Waals surface area contributed by atoms with Gasteiger partial charge in [-0.15, -0.1) is 0 Å². The maximum atomic E-state index is 12.6. The van der Waals surface area contributed by atoms with Crippen LogP contribution in [0.3, 0.4) is 0 Å². The molecule has 54 heavy (non-hydrogen) atoms. The van der Waals surface area contributed by atoms with Gasteiger partial charge in [-0.05, 0) is 32.1 Å². The van der Waals surface area contributed by atoms with Gasteiger partial charge < -0.3 is 25.2 Å². The van der Waals surface area contributed by atoms with Crippen molar-refractivity contribution in [1.29, 1.82) is 0 Å². The van der Waals surface area contributed by atoms with Gasteiger partial charge in [-0.3, -0.25) is 18.6 Å². The van der Waals surface area contributed by atoms with Crippen LogP contribution in [0.4, 0.5) is 0 Å². The van der Waals surface area contributed by atoms with E-state index >= 15 is 0 Å². The van der Waals surface area contributed by atoms with E-state index in [2.05, 4.69) is 26.0 Å². The number of hydrogen-bond acceptors (Lipinski definition) is 9. The number of allylic oxidation sites excluding steroid dienone is 5. The zero-order valence-corrected chi connectivity index (χ0v) is 35.2. The lowest BCUT2D eigenvalue weighted by Crippen LogP contribution is -2.29. The quantitative estimate of drug-likeness (QED) is 0.0180. The Morgan fingerprint density at radius 1 is 0.648 bits per heavy atom. The Kier molecular flexibility index (Phi) is 38.1. The van der Waals surface area contributed by atoms with E-state index in [9.17, 15) is 24.2 Å². The van der Waals surface area contributed by atoms with Crippen molar-refractivity contribution in [2.45, 2.75) is 199 Å². The Hall–Kier alpha value is -1.81. The summed E-state index contributed by atoms with van der Waals surface area (Å²) in [5.74, 6) is -0.900. The van der Waals surface area contributed by atoms with Gasteiger partial charge in [0.2, 0.25) is 0 Å². The summed E-state index contributed by atoms with van der Waals surface area (Å²) in [7, 11) is -4.40. The average molecular weight is 786 g/mol. The van der Waals surface area contributed by atoms with Crippen molar-refractivity contribution in [3.8, 4) is 0 Å². The van der Waals surface area contributed by atoms with Crippen LogP contribution in [-0.2, 0) is 32.7 Å². The van der Waals surface area contributed by atoms with Gasteiger partial charge in [-0.2, -0.15) is 0 Å². The molecule has 3 atom stereocenters. The first kappa shape index (κ1) is 52.2. The van der Waals surface area contributed by atoms with Gasteiger partial charge >= 0.3 is 19.8 Å². The lowest BCUT2D eigenvalue weighted by molar-refractivity contribution is -0.161. The average Bonchev–Trinajstić information content (AvgIpc) is 3.15. The molecule has 0 fully saturated rings. The summed E-state index contributed by atoms with van der Waals surface area (Å²) in [6.45, 7) is 3.50. The van der Waals surface area contributed by atoms with Gasteiger partial charge in [0.1, 0.15) is 6.61 Å². The van der Waals surface area contributed by atoms with Gasteiger partial charge in [0.05, 0.1) is 19.3 Å². The van der Waals surface area contributed by atoms with Crippen LogP contribution in [0, 0.1) is 0 Å². The first-order chi connectivity index (χ1) is 26.2. The number of unbranched alkanes of at least 4 members (excludes halogenated alkanes) is 20. The smallest absolute Gasteiger partial charge is 0.462 e. The molecular weight excluding hydrogens is 705 g/mol. The lowest BCUT2D eigenvalue weighted by Gasteiger charge is -2.19. The van der Waals surface area contributed by atoms with E-state index in [0.717, 1.165) is 57.8 Å². The zero-order chi connectivity index (χ0) is 39.8. The molecule has 0 spiro atoms. The highest BCUT2D eigenvalue weighted by Gasteiger charge is 2.26. The molecule has 0 saturated carbocycles. The molecule has 2 unspecified atom stereocenters. The fourth-order valence-corrected chi connectivity index (χ4v) is 6.70. The van der Waals surface area contributed by atoms with Crippen LogP contribution in [0.2, 0.25) is 0 Å². The summed E-state index contributed by atoms with van der Waals surface area (Å²) in [5.41, 5.74) is 5.34. The SMILES string of the molecule is CC/C=C/C/C=C/C=C/C(O)CCCCCCCC(=O)O[C@H](COC(=O)CCCCCCCCCCCCCCCCCCC)COP(=O)(O)OCCN. The Balaban J connectivity index is 4.21. The number of aliphatic hydroxyl groups is 1. The standard InChI is InChI=1S/C43H80NO9P/c1-3-5-7-9-11-12-13-14-15-16-17-18-19-20-22-26-30-34-42(46)50-38-41(39-52-54(48,49)51-37-36-44)53-43(47)35-31-27-23-25-29-33-40(45)32-28-24-21-10-8-6-4-2/h6,8,21,24,28,32,40-41,45H,3-5,7,9-20,22-23,25-27,29-31,33-39,44H2,1-2H3,(H,48,49)/b8-6+,24-21+,32-28+/t40?,41-/m1/s1. The molecule has 0 aliphatic carbocycles. The van der Waals surface area contributed by atoms with Crippen LogP contribution in [-0.4, -0.2) is 60.5 Å². The molecule has 11 heteroatoms. The van der Waals surface area contributed by atoms with Crippen molar-refractivity contribution in [2.24, 2.45) is 5.73 Å². The van der Waals surface area contributed by atoms with Crippen LogP contribution < -0.4 is 5.73 Å². The number of phosphoric acid groups is 1. The third-order valence-electron chi connectivity index (χ3n) is 9.14. The van der Waals surface area contributed by atoms with Gasteiger partial charge in [-0.1, -0.05) is 179 Å². The van der Waals surface area contributed by atoms with E-state index < -0.39 is 38.6 Å². The summed E-state index contributed by atoms with van der Waals surface area (Å²) in [4.78, 5) is 34.9. The maximum Gasteiger partial charge on any atom is 0.472 e. The summed E-state index contributed by atoms with van der Waals surface area (Å²) < 4.78 is 32.7. The predicted molar refractivity (Wildman–Crippen MR) is 221 cm³/mol. The Morgan fingerprint density at radius 3 is 1.70 bits per heavy atom. The predicted octanol–water partition coefficient (Wildman–Crippen LogP) is 11.1. The molecule has 0 saturated heterocycles. The third-order valence-corrected chi connectivity index (χ3v) is 10.1. The Bertz CT molecular complexity index is 1000.